The second-order valence-corrected chi connectivity index (χ2v) is 5.21. The molecule has 0 bridgehead atoms. The Balaban J connectivity index is 2.54. The summed E-state index contributed by atoms with van der Waals surface area (Å²) in [5, 5.41) is 3.37. The molecule has 1 aromatic carbocycles. The highest BCUT2D eigenvalue weighted by Crippen LogP contribution is 2.24. The minimum Gasteiger partial charge on any atom is -0.306 e. The second kappa shape index (κ2) is 5.58. The van der Waals surface area contributed by atoms with E-state index < -0.39 is 11.6 Å². The molecule has 6 heteroatoms. The molecule has 0 atom stereocenters. The van der Waals surface area contributed by atoms with E-state index in [1.54, 1.807) is 18.2 Å². The molecule has 0 heterocycles. The van der Waals surface area contributed by atoms with Crippen LogP contribution in [-0.4, -0.2) is 11.6 Å². The third-order valence-electron chi connectivity index (χ3n) is 1.63. The molecule has 0 aliphatic heterocycles. The number of carbonyl (C=O) groups excluding carboxylic acids is 1. The molecule has 2 amide bonds. The standard InChI is InChI=1S/C11H14Cl2N2O2/c1-11(2,3)17-15-10(16)14-7-4-5-8(12)9(13)6-7/h4-6H,1-3H3,(H2,14,15,16). The highest BCUT2D eigenvalue weighted by Gasteiger charge is 2.12. The molecule has 17 heavy (non-hydrogen) atoms. The van der Waals surface area contributed by atoms with Crippen molar-refractivity contribution in [3.05, 3.63) is 28.2 Å². The summed E-state index contributed by atoms with van der Waals surface area (Å²) in [5.41, 5.74) is 2.37. The van der Waals surface area contributed by atoms with Gasteiger partial charge in [0, 0.05) is 5.69 Å². The number of amides is 2. The van der Waals surface area contributed by atoms with Gasteiger partial charge in [-0.1, -0.05) is 23.2 Å². The third-order valence-corrected chi connectivity index (χ3v) is 2.37. The average Bonchev–Trinajstić information content (AvgIpc) is 2.20. The molecule has 0 saturated heterocycles. The van der Waals surface area contributed by atoms with Crippen LogP contribution in [0.1, 0.15) is 20.8 Å². The quantitative estimate of drug-likeness (QED) is 0.807. The fourth-order valence-corrected chi connectivity index (χ4v) is 1.23. The van der Waals surface area contributed by atoms with Crippen molar-refractivity contribution >= 4 is 34.9 Å². The van der Waals surface area contributed by atoms with Crippen molar-refractivity contribution in [3.8, 4) is 0 Å². The number of halogens is 2. The van der Waals surface area contributed by atoms with E-state index >= 15 is 0 Å². The highest BCUT2D eigenvalue weighted by molar-refractivity contribution is 6.42. The van der Waals surface area contributed by atoms with Crippen LogP contribution in [-0.2, 0) is 4.84 Å². The minimum absolute atomic E-state index is 0.376. The number of urea groups is 1. The van der Waals surface area contributed by atoms with Crippen LogP contribution in [0.2, 0.25) is 10.0 Å². The van der Waals surface area contributed by atoms with E-state index in [1.165, 1.54) is 0 Å². The van der Waals surface area contributed by atoms with E-state index in [4.69, 9.17) is 28.0 Å². The zero-order valence-corrected chi connectivity index (χ0v) is 11.3. The summed E-state index contributed by atoms with van der Waals surface area (Å²) in [5.74, 6) is 0. The maximum absolute atomic E-state index is 11.4. The zero-order chi connectivity index (χ0) is 13.1. The molecule has 0 aliphatic carbocycles. The number of hydrogen-bond acceptors (Lipinski definition) is 2. The SMILES string of the molecule is CC(C)(C)ONC(=O)Nc1ccc(Cl)c(Cl)c1. The monoisotopic (exact) mass is 276 g/mol. The number of benzene rings is 1. The van der Waals surface area contributed by atoms with Crippen molar-refractivity contribution in [2.45, 2.75) is 26.4 Å². The first kappa shape index (κ1) is 14.1. The summed E-state index contributed by atoms with van der Waals surface area (Å²) in [6.07, 6.45) is 0. The van der Waals surface area contributed by atoms with Crippen LogP contribution in [0.4, 0.5) is 10.5 Å². The lowest BCUT2D eigenvalue weighted by molar-refractivity contribution is -0.0505. The molecule has 1 rings (SSSR count). The Bertz CT molecular complexity index is 416. The molecule has 2 N–H and O–H groups in total. The predicted octanol–water partition coefficient (Wildman–Crippen LogP) is 3.85. The predicted molar refractivity (Wildman–Crippen MR) is 69.5 cm³/mol. The Morgan fingerprint density at radius 3 is 2.41 bits per heavy atom. The van der Waals surface area contributed by atoms with Crippen molar-refractivity contribution in [2.24, 2.45) is 0 Å². The summed E-state index contributed by atoms with van der Waals surface area (Å²) < 4.78 is 0. The van der Waals surface area contributed by atoms with Gasteiger partial charge in [-0.2, -0.15) is 0 Å². The fraction of sp³-hybridized carbons (Fsp3) is 0.364. The van der Waals surface area contributed by atoms with Gasteiger partial charge < -0.3 is 5.32 Å². The summed E-state index contributed by atoms with van der Waals surface area (Å²) in [6.45, 7) is 5.48. The summed E-state index contributed by atoms with van der Waals surface area (Å²) in [4.78, 5) is 16.5. The molecule has 0 unspecified atom stereocenters. The molecule has 94 valence electrons. The molecule has 0 aliphatic rings. The molecule has 4 nitrogen and oxygen atoms in total. The van der Waals surface area contributed by atoms with Gasteiger partial charge in [0.15, 0.2) is 0 Å². The molecule has 0 spiro atoms. The Kier molecular flexibility index (Phi) is 4.62. The van der Waals surface area contributed by atoms with Gasteiger partial charge in [0.1, 0.15) is 0 Å². The van der Waals surface area contributed by atoms with Crippen LogP contribution >= 0.6 is 23.2 Å². The summed E-state index contributed by atoms with van der Waals surface area (Å²) in [7, 11) is 0. The largest absolute Gasteiger partial charge is 0.343 e. The maximum atomic E-state index is 11.4. The van der Waals surface area contributed by atoms with Crippen LogP contribution in [0, 0.1) is 0 Å². The molecule has 1 aromatic rings. The maximum Gasteiger partial charge on any atom is 0.343 e. The van der Waals surface area contributed by atoms with Crippen LogP contribution in [0.5, 0.6) is 0 Å². The smallest absolute Gasteiger partial charge is 0.306 e. The number of nitrogens with one attached hydrogen (secondary N) is 2. The van der Waals surface area contributed by atoms with Gasteiger partial charge >= 0.3 is 6.03 Å². The molecule has 0 aromatic heterocycles. The van der Waals surface area contributed by atoms with Crippen molar-refractivity contribution in [2.75, 3.05) is 5.32 Å². The second-order valence-electron chi connectivity index (χ2n) is 4.40. The van der Waals surface area contributed by atoms with Crippen LogP contribution in [0.15, 0.2) is 18.2 Å². The summed E-state index contributed by atoms with van der Waals surface area (Å²) >= 11 is 11.6. The minimum atomic E-state index is -0.474. The molecular weight excluding hydrogens is 263 g/mol. The van der Waals surface area contributed by atoms with E-state index in [9.17, 15) is 4.79 Å². The first-order chi connectivity index (χ1) is 7.78. The van der Waals surface area contributed by atoms with Gasteiger partial charge in [-0.05, 0) is 39.0 Å². The van der Waals surface area contributed by atoms with Crippen LogP contribution in [0.3, 0.4) is 0 Å². The first-order valence-corrected chi connectivity index (χ1v) is 5.73. The van der Waals surface area contributed by atoms with Crippen LogP contribution < -0.4 is 10.8 Å². The lowest BCUT2D eigenvalue weighted by Crippen LogP contribution is -2.36. The lowest BCUT2D eigenvalue weighted by Gasteiger charge is -2.19. The van der Waals surface area contributed by atoms with Crippen LogP contribution in [0.25, 0.3) is 0 Å². The molecule has 0 saturated carbocycles. The van der Waals surface area contributed by atoms with Gasteiger partial charge in [0.2, 0.25) is 0 Å². The Morgan fingerprint density at radius 2 is 1.88 bits per heavy atom. The first-order valence-electron chi connectivity index (χ1n) is 4.98. The van der Waals surface area contributed by atoms with E-state index in [1.807, 2.05) is 20.8 Å². The van der Waals surface area contributed by atoms with Crippen molar-refractivity contribution in [1.82, 2.24) is 5.48 Å². The number of carbonyl (C=O) groups is 1. The van der Waals surface area contributed by atoms with Gasteiger partial charge in [-0.25, -0.2) is 10.3 Å². The van der Waals surface area contributed by atoms with E-state index in [0.717, 1.165) is 0 Å². The Hall–Kier alpha value is -0.970. The molecular formula is C11H14Cl2N2O2. The van der Waals surface area contributed by atoms with Gasteiger partial charge in [0.05, 0.1) is 15.6 Å². The van der Waals surface area contributed by atoms with Gasteiger partial charge in [-0.15, -0.1) is 0 Å². The number of rotatable bonds is 2. The Labute approximate surface area is 110 Å². The Morgan fingerprint density at radius 1 is 1.24 bits per heavy atom. The topological polar surface area (TPSA) is 50.4 Å². The normalized spacial score (nSPS) is 11.1. The molecule has 0 radical (unpaired) electrons. The third kappa shape index (κ3) is 5.26. The van der Waals surface area contributed by atoms with E-state index in [-0.39, 0.29) is 0 Å². The number of anilines is 1. The fourth-order valence-electron chi connectivity index (χ4n) is 0.930. The number of hydroxylamine groups is 1. The van der Waals surface area contributed by atoms with E-state index in [0.29, 0.717) is 15.7 Å². The molecule has 0 fully saturated rings. The van der Waals surface area contributed by atoms with E-state index in [2.05, 4.69) is 10.8 Å². The van der Waals surface area contributed by atoms with Gasteiger partial charge in [-0.3, -0.25) is 4.84 Å². The lowest BCUT2D eigenvalue weighted by atomic mass is 10.2. The van der Waals surface area contributed by atoms with Crippen molar-refractivity contribution in [1.29, 1.82) is 0 Å². The van der Waals surface area contributed by atoms with Crippen molar-refractivity contribution in [3.63, 3.8) is 0 Å². The highest BCUT2D eigenvalue weighted by atomic mass is 35.5. The van der Waals surface area contributed by atoms with Gasteiger partial charge in [0.25, 0.3) is 0 Å². The summed E-state index contributed by atoms with van der Waals surface area (Å²) in [6, 6.07) is 4.33. The zero-order valence-electron chi connectivity index (χ0n) is 9.80. The van der Waals surface area contributed by atoms with Crippen molar-refractivity contribution < 1.29 is 9.63 Å². The average molecular weight is 277 g/mol. The number of hydrogen-bond donors (Lipinski definition) is 2.